The number of hydrogen-bond acceptors (Lipinski definition) is 6. The van der Waals surface area contributed by atoms with Crippen LogP contribution in [0.2, 0.25) is 0 Å². The van der Waals surface area contributed by atoms with Crippen molar-refractivity contribution in [1.29, 1.82) is 0 Å². The molecule has 4 aromatic rings. The lowest BCUT2D eigenvalue weighted by atomic mass is 9.97. The van der Waals surface area contributed by atoms with E-state index < -0.39 is 0 Å². The van der Waals surface area contributed by atoms with Crippen molar-refractivity contribution in [2.24, 2.45) is 7.05 Å². The first-order valence-corrected chi connectivity index (χ1v) is 11.7. The van der Waals surface area contributed by atoms with Gasteiger partial charge >= 0.3 is 0 Å². The highest BCUT2D eigenvalue weighted by Crippen LogP contribution is 2.32. The van der Waals surface area contributed by atoms with E-state index in [4.69, 9.17) is 4.42 Å². The van der Waals surface area contributed by atoms with Crippen LogP contribution in [0.25, 0.3) is 10.2 Å². The Bertz CT molecular complexity index is 1410. The molecule has 1 saturated heterocycles. The molecule has 0 unspecified atom stereocenters. The maximum absolute atomic E-state index is 13.5. The van der Waals surface area contributed by atoms with Crippen LogP contribution in [-0.2, 0) is 13.5 Å². The Kier molecular flexibility index (Phi) is 5.57. The molecule has 0 N–H and O–H groups in total. The highest BCUT2D eigenvalue weighted by molar-refractivity contribution is 7.20. The first kappa shape index (κ1) is 21.5. The summed E-state index contributed by atoms with van der Waals surface area (Å²) < 4.78 is 20.9. The predicted octanol–water partition coefficient (Wildman–Crippen LogP) is 4.04. The zero-order chi connectivity index (χ0) is 23.1. The van der Waals surface area contributed by atoms with Gasteiger partial charge in [-0.15, -0.1) is 11.3 Å². The summed E-state index contributed by atoms with van der Waals surface area (Å²) >= 11 is 1.27. The lowest BCUT2D eigenvalue weighted by Gasteiger charge is -2.31. The maximum atomic E-state index is 13.5. The number of piperidine rings is 1. The lowest BCUT2D eigenvalue weighted by Crippen LogP contribution is -2.39. The Balaban J connectivity index is 1.34. The quantitative estimate of drug-likeness (QED) is 0.453. The third-order valence-electron chi connectivity index (χ3n) is 6.10. The summed E-state index contributed by atoms with van der Waals surface area (Å²) in [5, 5.41) is 0.511. The molecule has 170 valence electrons. The average Bonchev–Trinajstić information content (AvgIpc) is 3.41. The summed E-state index contributed by atoms with van der Waals surface area (Å²) in [5.74, 6) is 0.889. The summed E-state index contributed by atoms with van der Waals surface area (Å²) in [7, 11) is 1.65. The van der Waals surface area contributed by atoms with Gasteiger partial charge in [0.2, 0.25) is 0 Å². The maximum Gasteiger partial charge on any atom is 0.264 e. The number of oxazole rings is 1. The molecule has 1 amide bonds. The molecule has 4 heterocycles. The Morgan fingerprint density at radius 2 is 2.18 bits per heavy atom. The molecule has 5 rings (SSSR count). The van der Waals surface area contributed by atoms with Gasteiger partial charge in [0, 0.05) is 26.6 Å². The zero-order valence-electron chi connectivity index (χ0n) is 18.4. The van der Waals surface area contributed by atoms with E-state index in [1.54, 1.807) is 19.3 Å². The monoisotopic (exact) mass is 466 g/mol. The summed E-state index contributed by atoms with van der Waals surface area (Å²) in [4.78, 5) is 37.6. The van der Waals surface area contributed by atoms with Crippen molar-refractivity contribution in [2.45, 2.75) is 32.1 Å². The number of carbonyl (C=O) groups is 1. The van der Waals surface area contributed by atoms with Crippen molar-refractivity contribution in [1.82, 2.24) is 19.4 Å². The summed E-state index contributed by atoms with van der Waals surface area (Å²) in [6.45, 7) is 2.95. The lowest BCUT2D eigenvalue weighted by molar-refractivity contribution is 0.0702. The van der Waals surface area contributed by atoms with Crippen LogP contribution in [0.1, 0.15) is 51.2 Å². The number of likely N-dealkylation sites (tertiary alicyclic amines) is 1. The van der Waals surface area contributed by atoms with E-state index in [0.29, 0.717) is 51.8 Å². The second-order valence-electron chi connectivity index (χ2n) is 8.46. The SMILES string of the molecule is Cc1c(C(=O)N2CCC[C@H](c3ncc(Cc4cccc(F)c4)o3)C2)sc2ncn(C)c(=O)c12. The molecule has 1 aromatic carbocycles. The van der Waals surface area contributed by atoms with Gasteiger partial charge in [0.25, 0.3) is 11.5 Å². The van der Waals surface area contributed by atoms with E-state index in [9.17, 15) is 14.0 Å². The van der Waals surface area contributed by atoms with Crippen molar-refractivity contribution in [3.8, 4) is 0 Å². The number of hydrogen-bond donors (Lipinski definition) is 0. The third kappa shape index (κ3) is 4.08. The first-order chi connectivity index (χ1) is 15.9. The van der Waals surface area contributed by atoms with Crippen molar-refractivity contribution in [3.05, 3.63) is 80.6 Å². The van der Waals surface area contributed by atoms with Gasteiger partial charge in [0.1, 0.15) is 16.4 Å². The molecule has 0 radical (unpaired) electrons. The smallest absolute Gasteiger partial charge is 0.264 e. The van der Waals surface area contributed by atoms with Gasteiger partial charge in [-0.2, -0.15) is 0 Å². The van der Waals surface area contributed by atoms with Crippen LogP contribution in [-0.4, -0.2) is 38.4 Å². The van der Waals surface area contributed by atoms with E-state index in [0.717, 1.165) is 18.4 Å². The fraction of sp³-hybridized carbons (Fsp3) is 0.333. The topological polar surface area (TPSA) is 81.2 Å². The van der Waals surface area contributed by atoms with E-state index in [-0.39, 0.29) is 23.2 Å². The summed E-state index contributed by atoms with van der Waals surface area (Å²) in [6, 6.07) is 6.42. The molecule has 7 nitrogen and oxygen atoms in total. The van der Waals surface area contributed by atoms with Gasteiger partial charge in [-0.1, -0.05) is 12.1 Å². The second-order valence-corrected chi connectivity index (χ2v) is 9.46. The Morgan fingerprint density at radius 1 is 1.33 bits per heavy atom. The molecule has 0 aliphatic carbocycles. The van der Waals surface area contributed by atoms with Crippen LogP contribution in [0.3, 0.4) is 0 Å². The zero-order valence-corrected chi connectivity index (χ0v) is 19.2. The molecular weight excluding hydrogens is 443 g/mol. The summed E-state index contributed by atoms with van der Waals surface area (Å²) in [6.07, 6.45) is 5.33. The molecule has 1 fully saturated rings. The molecule has 9 heteroatoms. The molecule has 1 aliphatic rings. The normalized spacial score (nSPS) is 16.5. The van der Waals surface area contributed by atoms with Gasteiger partial charge in [-0.05, 0) is 43.0 Å². The van der Waals surface area contributed by atoms with Crippen LogP contribution in [0.5, 0.6) is 0 Å². The molecular formula is C24H23FN4O3S. The molecule has 0 saturated carbocycles. The Morgan fingerprint density at radius 3 is 3.00 bits per heavy atom. The fourth-order valence-corrected chi connectivity index (χ4v) is 5.47. The number of halogens is 1. The number of amides is 1. The number of aromatic nitrogens is 3. The van der Waals surface area contributed by atoms with E-state index in [1.165, 1.54) is 34.4 Å². The number of carbonyl (C=O) groups excluding carboxylic acids is 1. The van der Waals surface area contributed by atoms with Crippen molar-refractivity contribution < 1.29 is 13.6 Å². The minimum atomic E-state index is -0.279. The Labute approximate surface area is 193 Å². The molecule has 1 atom stereocenters. The van der Waals surface area contributed by atoms with E-state index in [2.05, 4.69) is 9.97 Å². The van der Waals surface area contributed by atoms with Gasteiger partial charge in [0.15, 0.2) is 5.89 Å². The molecule has 0 bridgehead atoms. The summed E-state index contributed by atoms with van der Waals surface area (Å²) in [5.41, 5.74) is 1.36. The molecule has 1 aliphatic heterocycles. The van der Waals surface area contributed by atoms with Crippen molar-refractivity contribution >= 4 is 27.5 Å². The molecule has 0 spiro atoms. The van der Waals surface area contributed by atoms with Crippen LogP contribution in [0.4, 0.5) is 4.39 Å². The largest absolute Gasteiger partial charge is 0.445 e. The third-order valence-corrected chi connectivity index (χ3v) is 7.29. The standard InChI is InChI=1S/C24H23FN4O3S/c1-14-19-22(27-13-28(2)23(19)30)33-20(14)24(31)29-8-4-6-16(12-29)21-26-11-18(32-21)10-15-5-3-7-17(25)9-15/h3,5,7,9,11,13,16H,4,6,8,10,12H2,1-2H3/t16-/m0/s1. The van der Waals surface area contributed by atoms with Crippen molar-refractivity contribution in [3.63, 3.8) is 0 Å². The second kappa shape index (κ2) is 8.55. The van der Waals surface area contributed by atoms with Crippen LogP contribution in [0.15, 0.2) is 46.0 Å². The molecule has 33 heavy (non-hydrogen) atoms. The number of rotatable bonds is 4. The van der Waals surface area contributed by atoms with Crippen LogP contribution < -0.4 is 5.56 Å². The number of thiophene rings is 1. The number of nitrogens with zero attached hydrogens (tertiary/aromatic N) is 4. The van der Waals surface area contributed by atoms with E-state index >= 15 is 0 Å². The van der Waals surface area contributed by atoms with Gasteiger partial charge in [0.05, 0.1) is 28.7 Å². The highest BCUT2D eigenvalue weighted by atomic mass is 32.1. The number of fused-ring (bicyclic) bond motifs is 1. The Hall–Kier alpha value is -3.33. The minimum absolute atomic E-state index is 0.00959. The van der Waals surface area contributed by atoms with Crippen molar-refractivity contribution in [2.75, 3.05) is 13.1 Å². The average molecular weight is 467 g/mol. The number of aryl methyl sites for hydroxylation is 2. The fourth-order valence-electron chi connectivity index (χ4n) is 4.36. The number of benzene rings is 1. The molecule has 3 aromatic heterocycles. The van der Waals surface area contributed by atoms with Crippen LogP contribution >= 0.6 is 11.3 Å². The van der Waals surface area contributed by atoms with Gasteiger partial charge in [-0.3, -0.25) is 9.59 Å². The van der Waals surface area contributed by atoms with Gasteiger partial charge in [-0.25, -0.2) is 14.4 Å². The first-order valence-electron chi connectivity index (χ1n) is 10.8. The van der Waals surface area contributed by atoms with Crippen LogP contribution in [0, 0.1) is 12.7 Å². The van der Waals surface area contributed by atoms with E-state index in [1.807, 2.05) is 17.9 Å². The van der Waals surface area contributed by atoms with Gasteiger partial charge < -0.3 is 13.9 Å². The predicted molar refractivity (Wildman–Crippen MR) is 123 cm³/mol. The minimum Gasteiger partial charge on any atom is -0.445 e. The highest BCUT2D eigenvalue weighted by Gasteiger charge is 2.30.